The fraction of sp³-hybridized carbons (Fsp3) is 0.692. The van der Waals surface area contributed by atoms with Crippen LogP contribution in [0.4, 0.5) is 0 Å². The van der Waals surface area contributed by atoms with Gasteiger partial charge in [0.1, 0.15) is 0 Å². The number of hydrogen-bond acceptors (Lipinski definition) is 0. The Morgan fingerprint density at radius 3 is 2.46 bits per heavy atom. The lowest BCUT2D eigenvalue weighted by atomic mass is 9.88. The van der Waals surface area contributed by atoms with Gasteiger partial charge in [0.25, 0.3) is 0 Å². The van der Waals surface area contributed by atoms with E-state index in [4.69, 9.17) is 0 Å². The molecule has 0 N–H and O–H groups in total. The first kappa shape index (κ1) is 9.05. The molecular formula is C13H20. The van der Waals surface area contributed by atoms with Crippen molar-refractivity contribution in [3.05, 3.63) is 22.8 Å². The van der Waals surface area contributed by atoms with Crippen molar-refractivity contribution in [3.8, 4) is 0 Å². The summed E-state index contributed by atoms with van der Waals surface area (Å²) in [5, 5.41) is 0. The van der Waals surface area contributed by atoms with Crippen LogP contribution in [0.2, 0.25) is 0 Å². The van der Waals surface area contributed by atoms with Crippen LogP contribution < -0.4 is 0 Å². The van der Waals surface area contributed by atoms with Gasteiger partial charge in [0.2, 0.25) is 0 Å². The van der Waals surface area contributed by atoms with Crippen molar-refractivity contribution in [2.45, 2.75) is 40.5 Å². The van der Waals surface area contributed by atoms with Gasteiger partial charge in [-0.25, -0.2) is 0 Å². The van der Waals surface area contributed by atoms with Gasteiger partial charge < -0.3 is 0 Å². The van der Waals surface area contributed by atoms with Crippen molar-refractivity contribution in [2.75, 3.05) is 0 Å². The standard InChI is InChI=1S/C13H20/c1-8(2)5-12-6-11-7-13(12)10(4)9(11)3/h6,8,11,13H,5,7H2,1-4H3. The van der Waals surface area contributed by atoms with Gasteiger partial charge in [-0.2, -0.15) is 0 Å². The van der Waals surface area contributed by atoms with Crippen LogP contribution in [0.3, 0.4) is 0 Å². The van der Waals surface area contributed by atoms with Crippen LogP contribution in [-0.2, 0) is 0 Å². The summed E-state index contributed by atoms with van der Waals surface area (Å²) in [4.78, 5) is 0. The molecule has 2 unspecified atom stereocenters. The number of hydrogen-bond donors (Lipinski definition) is 0. The predicted octanol–water partition coefficient (Wildman–Crippen LogP) is 3.95. The molecule has 0 saturated carbocycles. The summed E-state index contributed by atoms with van der Waals surface area (Å²) in [6.45, 7) is 9.27. The minimum absolute atomic E-state index is 0.804. The van der Waals surface area contributed by atoms with E-state index in [-0.39, 0.29) is 0 Å². The maximum absolute atomic E-state index is 2.53. The van der Waals surface area contributed by atoms with E-state index < -0.39 is 0 Å². The first-order chi connectivity index (χ1) is 6.09. The number of allylic oxidation sites excluding steroid dienone is 4. The molecule has 0 nitrogen and oxygen atoms in total. The zero-order valence-corrected chi connectivity index (χ0v) is 9.22. The third-order valence-electron chi connectivity index (χ3n) is 3.70. The van der Waals surface area contributed by atoms with Crippen molar-refractivity contribution in [1.82, 2.24) is 0 Å². The Morgan fingerprint density at radius 2 is 2.00 bits per heavy atom. The Balaban J connectivity index is 2.14. The van der Waals surface area contributed by atoms with Crippen molar-refractivity contribution >= 4 is 0 Å². The Labute approximate surface area is 81.7 Å². The summed E-state index contributed by atoms with van der Waals surface area (Å²) < 4.78 is 0. The first-order valence-corrected chi connectivity index (χ1v) is 5.47. The Bertz CT molecular complexity index is 278. The van der Waals surface area contributed by atoms with Crippen LogP contribution in [0.5, 0.6) is 0 Å². The third kappa shape index (κ3) is 1.37. The zero-order chi connectivity index (χ0) is 9.59. The minimum atomic E-state index is 0.804. The van der Waals surface area contributed by atoms with Crippen LogP contribution in [0.15, 0.2) is 22.8 Å². The quantitative estimate of drug-likeness (QED) is 0.559. The highest BCUT2D eigenvalue weighted by Gasteiger charge is 2.35. The van der Waals surface area contributed by atoms with Crippen LogP contribution in [0, 0.1) is 17.8 Å². The molecule has 0 aliphatic heterocycles. The van der Waals surface area contributed by atoms with Gasteiger partial charge in [-0.3, -0.25) is 0 Å². The fourth-order valence-electron chi connectivity index (χ4n) is 2.85. The molecule has 0 spiro atoms. The second-order valence-electron chi connectivity index (χ2n) is 5.10. The number of fused-ring (bicyclic) bond motifs is 2. The Kier molecular flexibility index (Phi) is 2.09. The smallest absolute Gasteiger partial charge is 0.00159 e. The summed E-state index contributed by atoms with van der Waals surface area (Å²) in [6.07, 6.45) is 5.23. The van der Waals surface area contributed by atoms with E-state index in [0.717, 1.165) is 17.8 Å². The molecule has 0 radical (unpaired) electrons. The summed E-state index contributed by atoms with van der Waals surface area (Å²) in [6, 6.07) is 0. The lowest BCUT2D eigenvalue weighted by molar-refractivity contribution is 0.587. The molecule has 0 heterocycles. The monoisotopic (exact) mass is 176 g/mol. The Morgan fingerprint density at radius 1 is 1.31 bits per heavy atom. The summed E-state index contributed by atoms with van der Waals surface area (Å²) in [5.74, 6) is 2.45. The van der Waals surface area contributed by atoms with Crippen LogP contribution in [-0.4, -0.2) is 0 Å². The molecule has 72 valence electrons. The largest absolute Gasteiger partial charge is 0.0775 e. The van der Waals surface area contributed by atoms with E-state index in [9.17, 15) is 0 Å². The van der Waals surface area contributed by atoms with Crippen LogP contribution in [0.1, 0.15) is 40.5 Å². The van der Waals surface area contributed by atoms with E-state index >= 15 is 0 Å². The SMILES string of the molecule is CC1=C(C)C2CC1C=C2CC(C)C. The van der Waals surface area contributed by atoms with Crippen LogP contribution >= 0.6 is 0 Å². The highest BCUT2D eigenvalue weighted by atomic mass is 14.4. The highest BCUT2D eigenvalue weighted by molar-refractivity contribution is 5.40. The molecule has 2 aliphatic rings. The van der Waals surface area contributed by atoms with Crippen molar-refractivity contribution in [2.24, 2.45) is 17.8 Å². The van der Waals surface area contributed by atoms with Crippen molar-refractivity contribution in [3.63, 3.8) is 0 Å². The zero-order valence-electron chi connectivity index (χ0n) is 9.22. The molecule has 0 heteroatoms. The van der Waals surface area contributed by atoms with Gasteiger partial charge in [-0.1, -0.05) is 36.6 Å². The average Bonchev–Trinajstić information content (AvgIpc) is 2.53. The van der Waals surface area contributed by atoms with Gasteiger partial charge in [0, 0.05) is 5.92 Å². The van der Waals surface area contributed by atoms with E-state index in [1.54, 1.807) is 16.7 Å². The number of rotatable bonds is 2. The molecule has 0 amide bonds. The van der Waals surface area contributed by atoms with Gasteiger partial charge >= 0.3 is 0 Å². The third-order valence-corrected chi connectivity index (χ3v) is 3.70. The van der Waals surface area contributed by atoms with Gasteiger partial charge in [-0.15, -0.1) is 0 Å². The Hall–Kier alpha value is -0.520. The molecule has 0 fully saturated rings. The topological polar surface area (TPSA) is 0 Å². The fourth-order valence-corrected chi connectivity index (χ4v) is 2.85. The summed E-state index contributed by atoms with van der Waals surface area (Å²) >= 11 is 0. The maximum atomic E-state index is 2.53. The second-order valence-corrected chi connectivity index (χ2v) is 5.10. The van der Waals surface area contributed by atoms with E-state index in [2.05, 4.69) is 33.8 Å². The summed E-state index contributed by atoms with van der Waals surface area (Å²) in [7, 11) is 0. The normalized spacial score (nSPS) is 31.9. The lowest BCUT2D eigenvalue weighted by Gasteiger charge is -2.18. The molecule has 13 heavy (non-hydrogen) atoms. The molecule has 0 aromatic heterocycles. The van der Waals surface area contributed by atoms with Crippen molar-refractivity contribution in [1.29, 1.82) is 0 Å². The van der Waals surface area contributed by atoms with E-state index in [1.807, 2.05) is 0 Å². The summed E-state index contributed by atoms with van der Waals surface area (Å²) in [5.41, 5.74) is 5.05. The molecular weight excluding hydrogens is 156 g/mol. The highest BCUT2D eigenvalue weighted by Crippen LogP contribution is 2.48. The van der Waals surface area contributed by atoms with Gasteiger partial charge in [-0.05, 0) is 38.5 Å². The molecule has 0 aromatic rings. The second kappa shape index (κ2) is 3.01. The molecule has 0 aromatic carbocycles. The van der Waals surface area contributed by atoms with Gasteiger partial charge in [0.05, 0.1) is 0 Å². The van der Waals surface area contributed by atoms with E-state index in [1.165, 1.54) is 12.8 Å². The molecule has 2 bridgehead atoms. The minimum Gasteiger partial charge on any atom is -0.0775 e. The molecule has 0 saturated heterocycles. The first-order valence-electron chi connectivity index (χ1n) is 5.47. The average molecular weight is 176 g/mol. The van der Waals surface area contributed by atoms with Crippen molar-refractivity contribution < 1.29 is 0 Å². The van der Waals surface area contributed by atoms with Gasteiger partial charge in [0.15, 0.2) is 0 Å². The van der Waals surface area contributed by atoms with Crippen LogP contribution in [0.25, 0.3) is 0 Å². The van der Waals surface area contributed by atoms with E-state index in [0.29, 0.717) is 0 Å². The maximum Gasteiger partial charge on any atom is 0.00159 e. The molecule has 2 rings (SSSR count). The lowest BCUT2D eigenvalue weighted by Crippen LogP contribution is -2.03. The molecule has 2 atom stereocenters. The predicted molar refractivity (Wildman–Crippen MR) is 57.5 cm³/mol. The molecule has 2 aliphatic carbocycles.